The van der Waals surface area contributed by atoms with Gasteiger partial charge >= 0.3 is 0 Å². The molecule has 0 radical (unpaired) electrons. The van der Waals surface area contributed by atoms with Crippen LogP contribution in [0, 0.1) is 11.7 Å². The van der Waals surface area contributed by atoms with Crippen molar-refractivity contribution in [2.24, 2.45) is 5.92 Å². The van der Waals surface area contributed by atoms with Crippen molar-refractivity contribution in [1.82, 2.24) is 0 Å². The average molecular weight is 343 g/mol. The van der Waals surface area contributed by atoms with Crippen molar-refractivity contribution in [2.45, 2.75) is 96.8 Å². The molecule has 0 saturated heterocycles. The van der Waals surface area contributed by atoms with E-state index in [0.29, 0.717) is 5.92 Å². The quantitative estimate of drug-likeness (QED) is 0.355. The Morgan fingerprint density at radius 3 is 2.48 bits per heavy atom. The molecule has 25 heavy (non-hydrogen) atoms. The Morgan fingerprint density at radius 1 is 0.960 bits per heavy atom. The van der Waals surface area contributed by atoms with Gasteiger partial charge in [-0.15, -0.1) is 0 Å². The van der Waals surface area contributed by atoms with Gasteiger partial charge in [0.25, 0.3) is 0 Å². The van der Waals surface area contributed by atoms with Crippen LogP contribution in [0.1, 0.15) is 101 Å². The van der Waals surface area contributed by atoms with E-state index in [1.165, 1.54) is 74.5 Å². The Morgan fingerprint density at radius 2 is 1.76 bits per heavy atom. The lowest BCUT2D eigenvalue weighted by molar-refractivity contribution is 0.299. The smallest absolute Gasteiger partial charge is 0.126 e. The molecule has 0 aromatic heterocycles. The van der Waals surface area contributed by atoms with Gasteiger partial charge in [0.1, 0.15) is 5.82 Å². The zero-order valence-corrected chi connectivity index (χ0v) is 16.2. The summed E-state index contributed by atoms with van der Waals surface area (Å²) in [7, 11) is 0. The Hall–Kier alpha value is -1.11. The lowest BCUT2D eigenvalue weighted by Crippen LogP contribution is -2.15. The molecule has 2 aliphatic carbocycles. The lowest BCUT2D eigenvalue weighted by Gasteiger charge is -2.30. The van der Waals surface area contributed by atoms with Crippen molar-refractivity contribution in [3.05, 3.63) is 46.3 Å². The number of halogens is 1. The summed E-state index contributed by atoms with van der Waals surface area (Å²) in [5.41, 5.74) is 5.12. The normalized spacial score (nSPS) is 23.2. The van der Waals surface area contributed by atoms with Crippen molar-refractivity contribution < 1.29 is 4.39 Å². The highest BCUT2D eigenvalue weighted by Crippen LogP contribution is 2.40. The highest BCUT2D eigenvalue weighted by molar-refractivity contribution is 5.41. The summed E-state index contributed by atoms with van der Waals surface area (Å²) in [4.78, 5) is 0. The van der Waals surface area contributed by atoms with Gasteiger partial charge in [-0.25, -0.2) is 4.39 Å². The fourth-order valence-corrected chi connectivity index (χ4v) is 4.87. The first-order valence-electron chi connectivity index (χ1n) is 10.7. The third kappa shape index (κ3) is 4.74. The number of allylic oxidation sites excluding steroid dienone is 2. The Bertz CT molecular complexity index is 590. The molecule has 0 atom stereocenters. The molecule has 0 spiro atoms. The molecule has 0 nitrogen and oxygen atoms in total. The molecular formula is C24H35F. The summed E-state index contributed by atoms with van der Waals surface area (Å²) >= 11 is 0. The molecule has 138 valence electrons. The van der Waals surface area contributed by atoms with Crippen LogP contribution in [0.2, 0.25) is 0 Å². The van der Waals surface area contributed by atoms with E-state index in [0.717, 1.165) is 30.7 Å². The van der Waals surface area contributed by atoms with Crippen LogP contribution in [-0.2, 0) is 12.8 Å². The van der Waals surface area contributed by atoms with Gasteiger partial charge in [-0.3, -0.25) is 0 Å². The zero-order chi connectivity index (χ0) is 17.6. The highest BCUT2D eigenvalue weighted by atomic mass is 19.1. The van der Waals surface area contributed by atoms with Crippen molar-refractivity contribution in [3.63, 3.8) is 0 Å². The van der Waals surface area contributed by atoms with Gasteiger partial charge < -0.3 is 0 Å². The van der Waals surface area contributed by atoms with Crippen molar-refractivity contribution in [2.75, 3.05) is 0 Å². The first-order chi connectivity index (χ1) is 12.2. The van der Waals surface area contributed by atoms with Gasteiger partial charge in [0, 0.05) is 0 Å². The summed E-state index contributed by atoms with van der Waals surface area (Å²) < 4.78 is 14.8. The number of rotatable bonds is 7. The molecule has 0 bridgehead atoms. The van der Waals surface area contributed by atoms with Crippen LogP contribution in [0.5, 0.6) is 0 Å². The first kappa shape index (κ1) is 18.7. The summed E-state index contributed by atoms with van der Waals surface area (Å²) in [6.07, 6.45) is 17.1. The predicted octanol–water partition coefficient (Wildman–Crippen LogP) is 7.50. The number of hydrogen-bond acceptors (Lipinski definition) is 0. The number of fused-ring (bicyclic) bond motifs is 1. The lowest BCUT2D eigenvalue weighted by atomic mass is 9.76. The fraction of sp³-hybridized carbons (Fsp3) is 0.667. The maximum atomic E-state index is 14.8. The summed E-state index contributed by atoms with van der Waals surface area (Å²) in [5, 5.41) is 0. The van der Waals surface area contributed by atoms with Crippen LogP contribution in [-0.4, -0.2) is 0 Å². The molecule has 1 heteroatoms. The molecule has 0 heterocycles. The van der Waals surface area contributed by atoms with Crippen LogP contribution >= 0.6 is 0 Å². The summed E-state index contributed by atoms with van der Waals surface area (Å²) in [5.74, 6) is 1.41. The third-order valence-corrected chi connectivity index (χ3v) is 6.42. The highest BCUT2D eigenvalue weighted by Gasteiger charge is 2.25. The minimum atomic E-state index is 0.0610. The average Bonchev–Trinajstić information content (AvgIpc) is 2.62. The van der Waals surface area contributed by atoms with E-state index in [-0.39, 0.29) is 5.82 Å². The Kier molecular flexibility index (Phi) is 6.73. The zero-order valence-electron chi connectivity index (χ0n) is 16.2. The minimum Gasteiger partial charge on any atom is -0.207 e. The van der Waals surface area contributed by atoms with Crippen LogP contribution < -0.4 is 0 Å². The van der Waals surface area contributed by atoms with Gasteiger partial charge in [-0.05, 0) is 79.5 Å². The standard InChI is InChI=1S/C24H35F/c1-3-5-6-8-18-9-12-20(13-10-18)23-16-21-14-11-19(7-4-2)15-22(21)17-24(23)25/h11,16-18,20H,3-10,12-15H2,1-2H3. The molecular weight excluding hydrogens is 307 g/mol. The third-order valence-electron chi connectivity index (χ3n) is 6.42. The molecule has 1 saturated carbocycles. The second-order valence-electron chi connectivity index (χ2n) is 8.35. The van der Waals surface area contributed by atoms with E-state index in [1.807, 2.05) is 6.07 Å². The van der Waals surface area contributed by atoms with Gasteiger partial charge in [0.15, 0.2) is 0 Å². The summed E-state index contributed by atoms with van der Waals surface area (Å²) in [6, 6.07) is 4.08. The van der Waals surface area contributed by atoms with E-state index < -0.39 is 0 Å². The van der Waals surface area contributed by atoms with Crippen LogP contribution in [0.3, 0.4) is 0 Å². The van der Waals surface area contributed by atoms with Crippen LogP contribution in [0.4, 0.5) is 4.39 Å². The SMILES string of the molecule is CCCCCC1CCC(c2cc3c(cc2F)CC(CCC)=CC3)CC1. The molecule has 0 N–H and O–H groups in total. The topological polar surface area (TPSA) is 0 Å². The molecule has 2 aliphatic rings. The molecule has 0 amide bonds. The molecule has 0 aliphatic heterocycles. The van der Waals surface area contributed by atoms with E-state index in [2.05, 4.69) is 26.0 Å². The Labute approximate surface area is 153 Å². The second kappa shape index (κ2) is 9.01. The molecule has 1 aromatic rings. The van der Waals surface area contributed by atoms with Gasteiger partial charge in [0.2, 0.25) is 0 Å². The maximum Gasteiger partial charge on any atom is 0.126 e. The Balaban J connectivity index is 1.62. The number of unbranched alkanes of at least 4 members (excludes halogenated alkanes) is 2. The molecule has 1 aromatic carbocycles. The van der Waals surface area contributed by atoms with Gasteiger partial charge in [-0.2, -0.15) is 0 Å². The predicted molar refractivity (Wildman–Crippen MR) is 106 cm³/mol. The van der Waals surface area contributed by atoms with Gasteiger partial charge in [-0.1, -0.05) is 63.7 Å². The van der Waals surface area contributed by atoms with Crippen molar-refractivity contribution in [1.29, 1.82) is 0 Å². The van der Waals surface area contributed by atoms with Gasteiger partial charge in [0.05, 0.1) is 0 Å². The van der Waals surface area contributed by atoms with E-state index >= 15 is 0 Å². The molecule has 1 fully saturated rings. The molecule has 3 rings (SSSR count). The largest absolute Gasteiger partial charge is 0.207 e. The van der Waals surface area contributed by atoms with E-state index in [1.54, 1.807) is 0 Å². The van der Waals surface area contributed by atoms with Crippen LogP contribution in [0.15, 0.2) is 23.8 Å². The summed E-state index contributed by atoms with van der Waals surface area (Å²) in [6.45, 7) is 4.49. The second-order valence-corrected chi connectivity index (χ2v) is 8.35. The maximum absolute atomic E-state index is 14.8. The fourth-order valence-electron chi connectivity index (χ4n) is 4.87. The minimum absolute atomic E-state index is 0.0610. The monoisotopic (exact) mass is 342 g/mol. The number of hydrogen-bond donors (Lipinski definition) is 0. The van der Waals surface area contributed by atoms with Crippen LogP contribution in [0.25, 0.3) is 0 Å². The number of benzene rings is 1. The van der Waals surface area contributed by atoms with E-state index in [9.17, 15) is 4.39 Å². The first-order valence-corrected chi connectivity index (χ1v) is 10.7. The van der Waals surface area contributed by atoms with Crippen molar-refractivity contribution in [3.8, 4) is 0 Å². The van der Waals surface area contributed by atoms with E-state index in [4.69, 9.17) is 0 Å². The van der Waals surface area contributed by atoms with Crippen molar-refractivity contribution >= 4 is 0 Å². The molecule has 0 unspecified atom stereocenters.